The molecule has 3 rings (SSSR count). The van der Waals surface area contributed by atoms with Gasteiger partial charge in [-0.25, -0.2) is 10.2 Å². The highest BCUT2D eigenvalue weighted by molar-refractivity contribution is 5.89. The van der Waals surface area contributed by atoms with E-state index in [0.29, 0.717) is 5.56 Å². The van der Waals surface area contributed by atoms with E-state index < -0.39 is 16.8 Å². The van der Waals surface area contributed by atoms with Crippen LogP contribution < -0.4 is 14.9 Å². The number of rotatable bonds is 8. The molecule has 154 valence electrons. The van der Waals surface area contributed by atoms with E-state index in [2.05, 4.69) is 15.6 Å². The lowest BCUT2D eigenvalue weighted by molar-refractivity contribution is -0.385. The number of hydrogen-bond acceptors (Lipinski definition) is 9. The van der Waals surface area contributed by atoms with Crippen molar-refractivity contribution in [1.82, 2.24) is 15.2 Å². The third kappa shape index (κ3) is 5.07. The van der Waals surface area contributed by atoms with Crippen molar-refractivity contribution in [3.05, 3.63) is 70.4 Å². The summed E-state index contributed by atoms with van der Waals surface area (Å²) in [5, 5.41) is 18.1. The number of carbonyl (C=O) groups is 2. The Morgan fingerprint density at radius 3 is 2.87 bits per heavy atom. The van der Waals surface area contributed by atoms with E-state index in [9.17, 15) is 19.7 Å². The molecule has 12 nitrogen and oxygen atoms in total. The van der Waals surface area contributed by atoms with Crippen LogP contribution in [0.1, 0.15) is 16.1 Å². The molecule has 0 radical (unpaired) electrons. The lowest BCUT2D eigenvalue weighted by atomic mass is 10.2. The third-order valence-corrected chi connectivity index (χ3v) is 3.65. The number of esters is 1. The van der Waals surface area contributed by atoms with E-state index in [0.717, 1.165) is 17.1 Å². The molecule has 1 amide bonds. The lowest BCUT2D eigenvalue weighted by Crippen LogP contribution is -2.23. The van der Waals surface area contributed by atoms with Crippen molar-refractivity contribution in [1.29, 1.82) is 0 Å². The second-order valence-corrected chi connectivity index (χ2v) is 5.72. The molecular weight excluding hydrogens is 398 g/mol. The SMILES string of the molecule is COc1cc(/C=N\NC(=O)Cn2cc([N+](=O)[O-])cn2)ccc1OC(=O)c1ccco1. The summed E-state index contributed by atoms with van der Waals surface area (Å²) in [6, 6.07) is 7.69. The monoisotopic (exact) mass is 413 g/mol. The smallest absolute Gasteiger partial charge is 0.379 e. The quantitative estimate of drug-likeness (QED) is 0.193. The molecule has 1 aromatic carbocycles. The van der Waals surface area contributed by atoms with Crippen LogP contribution >= 0.6 is 0 Å². The first-order valence-electron chi connectivity index (χ1n) is 8.38. The highest BCUT2D eigenvalue weighted by Crippen LogP contribution is 2.28. The molecule has 0 aliphatic carbocycles. The Morgan fingerprint density at radius 1 is 1.37 bits per heavy atom. The van der Waals surface area contributed by atoms with E-state index in [4.69, 9.17) is 13.9 Å². The van der Waals surface area contributed by atoms with Crippen molar-refractivity contribution in [3.8, 4) is 11.5 Å². The zero-order chi connectivity index (χ0) is 21.5. The average Bonchev–Trinajstić information content (AvgIpc) is 3.41. The minimum absolute atomic E-state index is 0.0490. The summed E-state index contributed by atoms with van der Waals surface area (Å²) in [5.74, 6) is -0.701. The maximum Gasteiger partial charge on any atom is 0.379 e. The van der Waals surface area contributed by atoms with Gasteiger partial charge in [0.05, 0.1) is 24.5 Å². The summed E-state index contributed by atoms with van der Waals surface area (Å²) >= 11 is 0. The lowest BCUT2D eigenvalue weighted by Gasteiger charge is -2.09. The summed E-state index contributed by atoms with van der Waals surface area (Å²) in [7, 11) is 1.41. The molecule has 0 saturated heterocycles. The van der Waals surface area contributed by atoms with Crippen LogP contribution in [0.2, 0.25) is 0 Å². The van der Waals surface area contributed by atoms with Crippen molar-refractivity contribution in [2.45, 2.75) is 6.54 Å². The molecule has 0 bridgehead atoms. The van der Waals surface area contributed by atoms with Crippen LogP contribution in [0, 0.1) is 10.1 Å². The molecule has 12 heteroatoms. The Bertz CT molecular complexity index is 1090. The molecule has 2 heterocycles. The van der Waals surface area contributed by atoms with Crippen molar-refractivity contribution in [2.24, 2.45) is 5.10 Å². The van der Waals surface area contributed by atoms with Crippen LogP contribution in [0.5, 0.6) is 11.5 Å². The van der Waals surface area contributed by atoms with Gasteiger partial charge >= 0.3 is 11.7 Å². The Labute approximate surface area is 168 Å². The predicted molar refractivity (Wildman–Crippen MR) is 101 cm³/mol. The normalized spacial score (nSPS) is 10.7. The number of furan rings is 1. The summed E-state index contributed by atoms with van der Waals surface area (Å²) in [5.41, 5.74) is 2.62. The van der Waals surface area contributed by atoms with Crippen LogP contribution in [-0.4, -0.2) is 39.9 Å². The van der Waals surface area contributed by atoms with Crippen LogP contribution in [0.25, 0.3) is 0 Å². The van der Waals surface area contributed by atoms with Crippen molar-refractivity contribution in [3.63, 3.8) is 0 Å². The molecular formula is C18H15N5O7. The van der Waals surface area contributed by atoms with E-state index >= 15 is 0 Å². The number of carbonyl (C=O) groups excluding carboxylic acids is 2. The van der Waals surface area contributed by atoms with Gasteiger partial charge in [-0.05, 0) is 35.9 Å². The maximum absolute atomic E-state index is 12.0. The molecule has 3 aromatic rings. The highest BCUT2D eigenvalue weighted by Gasteiger charge is 2.15. The largest absolute Gasteiger partial charge is 0.493 e. The standard InChI is InChI=1S/C18H15N5O7/c1-28-16-7-12(4-5-14(16)30-18(25)15-3-2-6-29-15)8-19-21-17(24)11-22-10-13(9-20-22)23(26)27/h2-10H,11H2,1H3,(H,21,24)/b19-8-. The van der Waals surface area contributed by atoms with E-state index in [1.54, 1.807) is 18.2 Å². The predicted octanol–water partition coefficient (Wildman–Crippen LogP) is 1.76. The Kier molecular flexibility index (Phi) is 6.17. The number of hydrazone groups is 1. The fourth-order valence-corrected chi connectivity index (χ4v) is 2.29. The number of nitrogens with zero attached hydrogens (tertiary/aromatic N) is 4. The van der Waals surface area contributed by atoms with Gasteiger partial charge in [-0.15, -0.1) is 0 Å². The van der Waals surface area contributed by atoms with Gasteiger partial charge in [0.15, 0.2) is 11.5 Å². The number of benzene rings is 1. The second-order valence-electron chi connectivity index (χ2n) is 5.72. The Morgan fingerprint density at radius 2 is 2.20 bits per heavy atom. The molecule has 0 atom stereocenters. The maximum atomic E-state index is 12.0. The third-order valence-electron chi connectivity index (χ3n) is 3.65. The Hall–Kier alpha value is -4.48. The van der Waals surface area contributed by atoms with Crippen LogP contribution in [0.4, 0.5) is 5.69 Å². The summed E-state index contributed by atoms with van der Waals surface area (Å²) in [6.07, 6.45) is 4.89. The van der Waals surface area contributed by atoms with Crippen molar-refractivity contribution < 1.29 is 28.4 Å². The number of aromatic nitrogens is 2. The summed E-state index contributed by atoms with van der Waals surface area (Å²) in [4.78, 5) is 33.8. The zero-order valence-electron chi connectivity index (χ0n) is 15.5. The number of amides is 1. The molecule has 0 aliphatic heterocycles. The van der Waals surface area contributed by atoms with Gasteiger partial charge < -0.3 is 13.9 Å². The number of hydrogen-bond donors (Lipinski definition) is 1. The van der Waals surface area contributed by atoms with Crippen molar-refractivity contribution in [2.75, 3.05) is 7.11 Å². The molecule has 0 fully saturated rings. The van der Waals surface area contributed by atoms with Gasteiger partial charge in [-0.3, -0.25) is 19.6 Å². The van der Waals surface area contributed by atoms with Gasteiger partial charge in [0.1, 0.15) is 18.9 Å². The number of nitro groups is 1. The molecule has 0 spiro atoms. The van der Waals surface area contributed by atoms with Gasteiger partial charge in [0.25, 0.3) is 5.91 Å². The summed E-state index contributed by atoms with van der Waals surface area (Å²) < 4.78 is 16.5. The average molecular weight is 413 g/mol. The first-order chi connectivity index (χ1) is 14.5. The van der Waals surface area contributed by atoms with E-state index in [-0.39, 0.29) is 29.5 Å². The fourth-order valence-electron chi connectivity index (χ4n) is 2.29. The second kappa shape index (κ2) is 9.14. The number of methoxy groups -OCH3 is 1. The zero-order valence-corrected chi connectivity index (χ0v) is 15.5. The van der Waals surface area contributed by atoms with E-state index in [1.807, 2.05) is 0 Å². The fraction of sp³-hybridized carbons (Fsp3) is 0.111. The van der Waals surface area contributed by atoms with Gasteiger partial charge in [0, 0.05) is 0 Å². The highest BCUT2D eigenvalue weighted by atomic mass is 16.6. The minimum Gasteiger partial charge on any atom is -0.493 e. The molecule has 30 heavy (non-hydrogen) atoms. The minimum atomic E-state index is -0.675. The summed E-state index contributed by atoms with van der Waals surface area (Å²) in [6.45, 7) is -0.240. The molecule has 1 N–H and O–H groups in total. The van der Waals surface area contributed by atoms with Gasteiger partial charge in [-0.1, -0.05) is 0 Å². The number of nitrogens with one attached hydrogen (secondary N) is 1. The molecule has 0 unspecified atom stereocenters. The first kappa shape index (κ1) is 20.3. The van der Waals surface area contributed by atoms with Crippen LogP contribution in [-0.2, 0) is 11.3 Å². The number of ether oxygens (including phenoxy) is 2. The van der Waals surface area contributed by atoms with E-state index in [1.165, 1.54) is 31.7 Å². The van der Waals surface area contributed by atoms with Gasteiger partial charge in [0.2, 0.25) is 5.76 Å². The van der Waals surface area contributed by atoms with Crippen molar-refractivity contribution >= 4 is 23.8 Å². The first-order valence-corrected chi connectivity index (χ1v) is 8.38. The Balaban J connectivity index is 1.59. The molecule has 0 aliphatic rings. The topological polar surface area (TPSA) is 151 Å². The molecule has 0 saturated carbocycles. The van der Waals surface area contributed by atoms with Gasteiger partial charge in [-0.2, -0.15) is 10.2 Å². The molecule has 2 aromatic heterocycles. The van der Waals surface area contributed by atoms with Crippen LogP contribution in [0.3, 0.4) is 0 Å². The van der Waals surface area contributed by atoms with Crippen LogP contribution in [0.15, 0.2) is 58.5 Å².